The van der Waals surface area contributed by atoms with Crippen molar-refractivity contribution in [3.05, 3.63) is 41.5 Å². The van der Waals surface area contributed by atoms with Gasteiger partial charge in [0, 0.05) is 11.0 Å². The third-order valence-corrected chi connectivity index (χ3v) is 4.26. The Morgan fingerprint density at radius 1 is 1.11 bits per heavy atom. The van der Waals surface area contributed by atoms with Gasteiger partial charge in [-0.05, 0) is 30.4 Å². The first-order valence-electron chi connectivity index (χ1n) is 6.35. The van der Waals surface area contributed by atoms with E-state index in [2.05, 4.69) is 0 Å². The van der Waals surface area contributed by atoms with E-state index < -0.39 is 17.4 Å². The highest BCUT2D eigenvalue weighted by atomic mass is 19.4. The first-order valence-corrected chi connectivity index (χ1v) is 6.35. The first-order chi connectivity index (χ1) is 8.94. The number of alkyl halides is 3. The van der Waals surface area contributed by atoms with Gasteiger partial charge in [-0.2, -0.15) is 13.2 Å². The molecule has 0 N–H and O–H groups in total. The fourth-order valence-corrected chi connectivity index (χ4v) is 3.16. The van der Waals surface area contributed by atoms with Crippen LogP contribution >= 0.6 is 0 Å². The van der Waals surface area contributed by atoms with E-state index in [-0.39, 0.29) is 5.57 Å². The summed E-state index contributed by atoms with van der Waals surface area (Å²) in [6.45, 7) is 0. The number of carbonyl (C=O) groups is 1. The van der Waals surface area contributed by atoms with Crippen LogP contribution in [0.15, 0.2) is 35.9 Å². The molecule has 0 unspecified atom stereocenters. The molecule has 0 atom stereocenters. The number of Topliss-reactive ketones (excluding diaryl/α,β-unsaturated/α-hetero) is 1. The topological polar surface area (TPSA) is 17.1 Å². The number of ketones is 1. The smallest absolute Gasteiger partial charge is 0.284 e. The minimum Gasteiger partial charge on any atom is -0.284 e. The molecule has 0 aromatic heterocycles. The van der Waals surface area contributed by atoms with E-state index in [0.717, 1.165) is 12.0 Å². The van der Waals surface area contributed by atoms with Crippen molar-refractivity contribution in [2.45, 2.75) is 31.9 Å². The molecule has 0 amide bonds. The number of benzene rings is 1. The highest BCUT2D eigenvalue weighted by Crippen LogP contribution is 2.63. The highest BCUT2D eigenvalue weighted by Gasteiger charge is 2.57. The lowest BCUT2D eigenvalue weighted by Crippen LogP contribution is -2.46. The van der Waals surface area contributed by atoms with Crippen molar-refractivity contribution in [3.8, 4) is 0 Å². The van der Waals surface area contributed by atoms with Gasteiger partial charge in [0.2, 0.25) is 0 Å². The third-order valence-electron chi connectivity index (χ3n) is 4.26. The van der Waals surface area contributed by atoms with E-state index >= 15 is 0 Å². The molecular weight excluding hydrogens is 253 g/mol. The summed E-state index contributed by atoms with van der Waals surface area (Å²) in [5.41, 5.74) is 0.880. The van der Waals surface area contributed by atoms with Crippen molar-refractivity contribution in [1.82, 2.24) is 0 Å². The Labute approximate surface area is 109 Å². The minimum atomic E-state index is -4.77. The number of rotatable bonds is 2. The Bertz CT molecular complexity index is 551. The van der Waals surface area contributed by atoms with Crippen molar-refractivity contribution in [1.29, 1.82) is 0 Å². The molecule has 1 fully saturated rings. The summed E-state index contributed by atoms with van der Waals surface area (Å²) in [7, 11) is 0. The Morgan fingerprint density at radius 2 is 1.74 bits per heavy atom. The van der Waals surface area contributed by atoms with E-state index in [1.54, 1.807) is 24.3 Å². The third kappa shape index (κ3) is 1.81. The van der Waals surface area contributed by atoms with Gasteiger partial charge in [-0.3, -0.25) is 4.79 Å². The molecule has 1 saturated carbocycles. The summed E-state index contributed by atoms with van der Waals surface area (Å²) < 4.78 is 38.2. The van der Waals surface area contributed by atoms with Crippen molar-refractivity contribution in [2.75, 3.05) is 0 Å². The SMILES string of the molecule is O=C(C1=C(c2ccccc2)CC12CCC2)C(F)(F)F. The molecule has 100 valence electrons. The average molecular weight is 266 g/mol. The second-order valence-electron chi connectivity index (χ2n) is 5.36. The van der Waals surface area contributed by atoms with Crippen LogP contribution in [0.3, 0.4) is 0 Å². The van der Waals surface area contributed by atoms with Gasteiger partial charge < -0.3 is 0 Å². The molecule has 2 aliphatic rings. The molecule has 0 bridgehead atoms. The minimum absolute atomic E-state index is 0.0254. The number of hydrogen-bond acceptors (Lipinski definition) is 1. The molecule has 3 rings (SSSR count). The summed E-state index contributed by atoms with van der Waals surface area (Å²) in [5.74, 6) is -1.64. The molecule has 0 aliphatic heterocycles. The van der Waals surface area contributed by atoms with Crippen molar-refractivity contribution < 1.29 is 18.0 Å². The number of carbonyl (C=O) groups excluding carboxylic acids is 1. The maximum Gasteiger partial charge on any atom is 0.454 e. The molecule has 4 heteroatoms. The van der Waals surface area contributed by atoms with Crippen molar-refractivity contribution >= 4 is 11.4 Å². The van der Waals surface area contributed by atoms with E-state index in [1.807, 2.05) is 6.07 Å². The maximum atomic E-state index is 12.7. The van der Waals surface area contributed by atoms with E-state index in [1.165, 1.54) is 0 Å². The summed E-state index contributed by atoms with van der Waals surface area (Å²) >= 11 is 0. The Morgan fingerprint density at radius 3 is 2.21 bits per heavy atom. The molecule has 0 heterocycles. The van der Waals surface area contributed by atoms with Gasteiger partial charge in [0.15, 0.2) is 0 Å². The van der Waals surface area contributed by atoms with Gasteiger partial charge in [0.05, 0.1) is 0 Å². The zero-order chi connectivity index (χ0) is 13.7. The van der Waals surface area contributed by atoms with E-state index in [0.29, 0.717) is 24.8 Å². The number of allylic oxidation sites excluding steroid dienone is 2. The predicted molar refractivity (Wildman–Crippen MR) is 65.3 cm³/mol. The standard InChI is InChI=1S/C15H13F3O/c16-15(17,18)13(19)12-11(9-14(12)7-4-8-14)10-5-2-1-3-6-10/h1-3,5-6H,4,7-9H2. The van der Waals surface area contributed by atoms with Gasteiger partial charge in [0.1, 0.15) is 0 Å². The van der Waals surface area contributed by atoms with Crippen LogP contribution in [0.1, 0.15) is 31.2 Å². The van der Waals surface area contributed by atoms with Gasteiger partial charge in [0.25, 0.3) is 5.78 Å². The van der Waals surface area contributed by atoms with Crippen LogP contribution in [0.4, 0.5) is 13.2 Å². The van der Waals surface area contributed by atoms with Crippen LogP contribution in [0.25, 0.3) is 5.57 Å². The molecule has 1 nitrogen and oxygen atoms in total. The maximum absolute atomic E-state index is 12.7. The van der Waals surface area contributed by atoms with Gasteiger partial charge in [-0.25, -0.2) is 0 Å². The highest BCUT2D eigenvalue weighted by molar-refractivity contribution is 6.10. The summed E-state index contributed by atoms with van der Waals surface area (Å²) in [6, 6.07) is 8.91. The molecule has 0 saturated heterocycles. The van der Waals surface area contributed by atoms with Crippen LogP contribution in [0.5, 0.6) is 0 Å². The van der Waals surface area contributed by atoms with Crippen LogP contribution in [0, 0.1) is 5.41 Å². The molecular formula is C15H13F3O. The average Bonchev–Trinajstić information content (AvgIpc) is 2.26. The zero-order valence-electron chi connectivity index (χ0n) is 10.3. The van der Waals surface area contributed by atoms with Crippen molar-refractivity contribution in [3.63, 3.8) is 0 Å². The number of hydrogen-bond donors (Lipinski definition) is 0. The summed E-state index contributed by atoms with van der Waals surface area (Å²) in [4.78, 5) is 11.7. The normalized spacial score (nSPS) is 21.0. The Kier molecular flexibility index (Phi) is 2.59. The molecule has 0 radical (unpaired) electrons. The first kappa shape index (κ1) is 12.5. The molecule has 1 aromatic rings. The second kappa shape index (κ2) is 3.95. The summed E-state index contributed by atoms with van der Waals surface area (Å²) in [6.07, 6.45) is -1.83. The lowest BCUT2D eigenvalue weighted by Gasteiger charge is -2.52. The van der Waals surface area contributed by atoms with E-state index in [9.17, 15) is 18.0 Å². The Hall–Kier alpha value is -1.58. The lowest BCUT2D eigenvalue weighted by molar-refractivity contribution is -0.169. The summed E-state index contributed by atoms with van der Waals surface area (Å²) in [5, 5.41) is 0. The number of halogens is 3. The fourth-order valence-electron chi connectivity index (χ4n) is 3.16. The van der Waals surface area contributed by atoms with E-state index in [4.69, 9.17) is 0 Å². The molecule has 19 heavy (non-hydrogen) atoms. The van der Waals surface area contributed by atoms with Gasteiger partial charge >= 0.3 is 6.18 Å². The quantitative estimate of drug-likeness (QED) is 0.786. The van der Waals surface area contributed by atoms with Crippen molar-refractivity contribution in [2.24, 2.45) is 5.41 Å². The zero-order valence-corrected chi connectivity index (χ0v) is 10.3. The molecule has 2 aliphatic carbocycles. The van der Waals surface area contributed by atoms with Crippen LogP contribution < -0.4 is 0 Å². The predicted octanol–water partition coefficient (Wildman–Crippen LogP) is 4.15. The molecule has 1 aromatic carbocycles. The van der Waals surface area contributed by atoms with Crippen LogP contribution in [-0.4, -0.2) is 12.0 Å². The Balaban J connectivity index is 2.05. The monoisotopic (exact) mass is 266 g/mol. The van der Waals surface area contributed by atoms with Crippen LogP contribution in [0.2, 0.25) is 0 Å². The largest absolute Gasteiger partial charge is 0.454 e. The second-order valence-corrected chi connectivity index (χ2v) is 5.36. The van der Waals surface area contributed by atoms with Crippen LogP contribution in [-0.2, 0) is 4.79 Å². The fraction of sp³-hybridized carbons (Fsp3) is 0.400. The lowest BCUT2D eigenvalue weighted by atomic mass is 9.51. The van der Waals surface area contributed by atoms with Gasteiger partial charge in [-0.15, -0.1) is 0 Å². The molecule has 1 spiro atoms. The van der Waals surface area contributed by atoms with Gasteiger partial charge in [-0.1, -0.05) is 36.8 Å².